The summed E-state index contributed by atoms with van der Waals surface area (Å²) in [5.41, 5.74) is 8.74. The van der Waals surface area contributed by atoms with Crippen molar-refractivity contribution in [3.05, 3.63) is 60.4 Å². The second-order valence-electron chi connectivity index (χ2n) is 4.78. The lowest BCUT2D eigenvalue weighted by atomic mass is 10.2. The van der Waals surface area contributed by atoms with E-state index in [9.17, 15) is 0 Å². The van der Waals surface area contributed by atoms with Crippen LogP contribution in [0.2, 0.25) is 0 Å². The van der Waals surface area contributed by atoms with Crippen LogP contribution in [0.15, 0.2) is 54.9 Å². The van der Waals surface area contributed by atoms with E-state index >= 15 is 0 Å². The summed E-state index contributed by atoms with van der Waals surface area (Å²) in [4.78, 5) is 5.90. The summed E-state index contributed by atoms with van der Waals surface area (Å²) in [6, 6.07) is 14.7. The van der Waals surface area contributed by atoms with Crippen LogP contribution in [-0.2, 0) is 6.54 Å². The summed E-state index contributed by atoms with van der Waals surface area (Å²) < 4.78 is 3.33. The lowest BCUT2D eigenvalue weighted by Crippen LogP contribution is -1.96. The number of hydrogen-bond acceptors (Lipinski definition) is 3. The maximum atomic E-state index is 5.67. The summed E-state index contributed by atoms with van der Waals surface area (Å²) in [6.07, 6.45) is 4.09. The van der Waals surface area contributed by atoms with Crippen molar-refractivity contribution in [2.24, 2.45) is 5.73 Å². The van der Waals surface area contributed by atoms with Crippen molar-refractivity contribution in [3.8, 4) is 10.6 Å². The fraction of sp³-hybridized carbons (Fsp3) is 0.0625. The predicted molar refractivity (Wildman–Crippen MR) is 83.9 cm³/mol. The Morgan fingerprint density at radius 1 is 1.15 bits per heavy atom. The molecule has 0 saturated carbocycles. The van der Waals surface area contributed by atoms with Crippen molar-refractivity contribution in [1.29, 1.82) is 0 Å². The van der Waals surface area contributed by atoms with Crippen LogP contribution in [0.5, 0.6) is 0 Å². The summed E-state index contributed by atoms with van der Waals surface area (Å²) in [5, 5.41) is 1.27. The summed E-state index contributed by atoms with van der Waals surface area (Å²) >= 11 is 1.78. The molecule has 0 aliphatic rings. The second kappa shape index (κ2) is 4.44. The number of thiophene rings is 1. The van der Waals surface area contributed by atoms with Gasteiger partial charge < -0.3 is 10.1 Å². The van der Waals surface area contributed by atoms with Gasteiger partial charge in [0, 0.05) is 23.6 Å². The molecule has 0 radical (unpaired) electrons. The average Bonchev–Trinajstić information content (AvgIpc) is 3.09. The maximum absolute atomic E-state index is 5.67. The van der Waals surface area contributed by atoms with E-state index in [4.69, 9.17) is 10.7 Å². The lowest BCUT2D eigenvalue weighted by Gasteiger charge is -1.96. The van der Waals surface area contributed by atoms with Gasteiger partial charge in [0.15, 0.2) is 0 Å². The van der Waals surface area contributed by atoms with E-state index in [2.05, 4.69) is 36.5 Å². The zero-order valence-electron chi connectivity index (χ0n) is 10.8. The molecule has 0 aliphatic heterocycles. The van der Waals surface area contributed by atoms with E-state index in [0.29, 0.717) is 6.54 Å². The van der Waals surface area contributed by atoms with Crippen LogP contribution >= 0.6 is 11.3 Å². The Labute approximate surface area is 120 Å². The number of nitrogens with two attached hydrogens (primary N) is 1. The van der Waals surface area contributed by atoms with E-state index in [-0.39, 0.29) is 0 Å². The van der Waals surface area contributed by atoms with Gasteiger partial charge >= 0.3 is 0 Å². The Kier molecular flexibility index (Phi) is 2.58. The topological polar surface area (TPSA) is 43.3 Å². The van der Waals surface area contributed by atoms with Crippen molar-refractivity contribution in [1.82, 2.24) is 9.38 Å². The molecule has 0 atom stereocenters. The van der Waals surface area contributed by atoms with Crippen LogP contribution in [0, 0.1) is 0 Å². The SMILES string of the molecule is NCc1ccn2cc(-c3cc4ccccc4s3)nc2c1. The first-order valence-electron chi connectivity index (χ1n) is 6.50. The van der Waals surface area contributed by atoms with Gasteiger partial charge in [0.1, 0.15) is 5.65 Å². The van der Waals surface area contributed by atoms with E-state index in [0.717, 1.165) is 16.9 Å². The van der Waals surface area contributed by atoms with E-state index in [1.807, 2.05) is 22.7 Å². The van der Waals surface area contributed by atoms with Crippen LogP contribution in [0.25, 0.3) is 26.3 Å². The van der Waals surface area contributed by atoms with Crippen molar-refractivity contribution < 1.29 is 0 Å². The normalized spacial score (nSPS) is 11.4. The Bertz CT molecular complexity index is 871. The molecule has 3 heterocycles. The van der Waals surface area contributed by atoms with Gasteiger partial charge in [-0.15, -0.1) is 11.3 Å². The van der Waals surface area contributed by atoms with Crippen LogP contribution in [0.3, 0.4) is 0 Å². The number of aromatic nitrogens is 2. The fourth-order valence-electron chi connectivity index (χ4n) is 2.38. The molecule has 4 heteroatoms. The van der Waals surface area contributed by atoms with Gasteiger partial charge in [0.25, 0.3) is 0 Å². The van der Waals surface area contributed by atoms with E-state index in [1.165, 1.54) is 15.0 Å². The number of rotatable bonds is 2. The van der Waals surface area contributed by atoms with Gasteiger partial charge in [0.2, 0.25) is 0 Å². The van der Waals surface area contributed by atoms with Crippen molar-refractivity contribution in [2.45, 2.75) is 6.54 Å². The second-order valence-corrected chi connectivity index (χ2v) is 5.86. The zero-order chi connectivity index (χ0) is 13.5. The van der Waals surface area contributed by atoms with Gasteiger partial charge in [-0.2, -0.15) is 0 Å². The molecule has 2 N–H and O–H groups in total. The molecule has 98 valence electrons. The van der Waals surface area contributed by atoms with Crippen LogP contribution in [0.4, 0.5) is 0 Å². The Hall–Kier alpha value is -2.17. The average molecular weight is 279 g/mol. The molecule has 4 aromatic rings. The predicted octanol–water partition coefficient (Wildman–Crippen LogP) is 3.67. The number of hydrogen-bond donors (Lipinski definition) is 1. The highest BCUT2D eigenvalue weighted by molar-refractivity contribution is 7.22. The first-order chi connectivity index (χ1) is 9.83. The quantitative estimate of drug-likeness (QED) is 0.608. The third-order valence-electron chi connectivity index (χ3n) is 3.44. The molecule has 0 saturated heterocycles. The fourth-order valence-corrected chi connectivity index (χ4v) is 3.40. The van der Waals surface area contributed by atoms with Crippen LogP contribution in [-0.4, -0.2) is 9.38 Å². The first kappa shape index (κ1) is 11.6. The third kappa shape index (κ3) is 1.81. The highest BCUT2D eigenvalue weighted by Gasteiger charge is 2.08. The minimum Gasteiger partial charge on any atom is -0.326 e. The van der Waals surface area contributed by atoms with Gasteiger partial charge in [-0.1, -0.05) is 18.2 Å². The molecule has 3 nitrogen and oxygen atoms in total. The van der Waals surface area contributed by atoms with Crippen molar-refractivity contribution >= 4 is 27.1 Å². The van der Waals surface area contributed by atoms with Crippen LogP contribution < -0.4 is 5.73 Å². The number of benzene rings is 1. The minimum absolute atomic E-state index is 0.543. The zero-order valence-corrected chi connectivity index (χ0v) is 11.6. The summed E-state index contributed by atoms with van der Waals surface area (Å²) in [6.45, 7) is 0.543. The lowest BCUT2D eigenvalue weighted by molar-refractivity contribution is 1.05. The molecule has 1 aromatic carbocycles. The Morgan fingerprint density at radius 2 is 2.05 bits per heavy atom. The molecule has 0 fully saturated rings. The molecule has 20 heavy (non-hydrogen) atoms. The van der Waals surface area contributed by atoms with Gasteiger partial charge in [-0.25, -0.2) is 4.98 Å². The number of imidazole rings is 1. The molecular formula is C16H13N3S. The number of fused-ring (bicyclic) bond motifs is 2. The van der Waals surface area contributed by atoms with Gasteiger partial charge in [-0.05, 0) is 35.2 Å². The largest absolute Gasteiger partial charge is 0.326 e. The Morgan fingerprint density at radius 3 is 2.90 bits per heavy atom. The monoisotopic (exact) mass is 279 g/mol. The molecule has 0 amide bonds. The maximum Gasteiger partial charge on any atom is 0.137 e. The minimum atomic E-state index is 0.543. The van der Waals surface area contributed by atoms with Crippen LogP contribution in [0.1, 0.15) is 5.56 Å². The van der Waals surface area contributed by atoms with E-state index < -0.39 is 0 Å². The smallest absolute Gasteiger partial charge is 0.137 e. The molecular weight excluding hydrogens is 266 g/mol. The van der Waals surface area contributed by atoms with E-state index in [1.54, 1.807) is 11.3 Å². The molecule has 0 unspecified atom stereocenters. The van der Waals surface area contributed by atoms with Gasteiger partial charge in [0.05, 0.1) is 10.6 Å². The number of nitrogens with zero attached hydrogens (tertiary/aromatic N) is 2. The Balaban J connectivity index is 1.88. The number of pyridine rings is 1. The molecule has 3 aromatic heterocycles. The highest BCUT2D eigenvalue weighted by atomic mass is 32.1. The summed E-state index contributed by atoms with van der Waals surface area (Å²) in [7, 11) is 0. The molecule has 0 spiro atoms. The van der Waals surface area contributed by atoms with Crippen molar-refractivity contribution in [2.75, 3.05) is 0 Å². The van der Waals surface area contributed by atoms with Crippen molar-refractivity contribution in [3.63, 3.8) is 0 Å². The van der Waals surface area contributed by atoms with Gasteiger partial charge in [-0.3, -0.25) is 0 Å². The molecule has 0 aliphatic carbocycles. The first-order valence-corrected chi connectivity index (χ1v) is 7.32. The standard InChI is InChI=1S/C16H13N3S/c17-9-11-5-6-19-10-13(18-16(19)7-11)15-8-12-3-1-2-4-14(12)20-15/h1-8,10H,9,17H2. The highest BCUT2D eigenvalue weighted by Crippen LogP contribution is 2.32. The molecule has 4 rings (SSSR count). The summed E-state index contributed by atoms with van der Waals surface area (Å²) in [5.74, 6) is 0. The molecule has 0 bridgehead atoms. The third-order valence-corrected chi connectivity index (χ3v) is 4.58.